The summed E-state index contributed by atoms with van der Waals surface area (Å²) < 4.78 is 5.31. The Labute approximate surface area is 93.4 Å². The number of hydrogen-bond donors (Lipinski definition) is 1. The Balaban J connectivity index is 2.75. The van der Waals surface area contributed by atoms with E-state index in [4.69, 9.17) is 22.1 Å². The van der Waals surface area contributed by atoms with Gasteiger partial charge in [-0.25, -0.2) is 4.98 Å². The van der Waals surface area contributed by atoms with Gasteiger partial charge < -0.3 is 10.5 Å². The fraction of sp³-hybridized carbons (Fsp3) is 0.400. The highest BCUT2D eigenvalue weighted by atomic mass is 35.5. The van der Waals surface area contributed by atoms with Crippen LogP contribution < -0.4 is 10.5 Å². The second-order valence-electron chi connectivity index (χ2n) is 3.08. The van der Waals surface area contributed by atoms with Crippen molar-refractivity contribution in [3.8, 4) is 5.88 Å². The molecule has 4 nitrogen and oxygen atoms in total. The van der Waals surface area contributed by atoms with Crippen LogP contribution in [-0.2, 0) is 0 Å². The van der Waals surface area contributed by atoms with Gasteiger partial charge in [0.25, 0.3) is 0 Å². The zero-order chi connectivity index (χ0) is 11.3. The molecule has 0 atom stereocenters. The van der Waals surface area contributed by atoms with Gasteiger partial charge in [-0.1, -0.05) is 24.9 Å². The predicted molar refractivity (Wildman–Crippen MR) is 58.2 cm³/mol. The maximum absolute atomic E-state index is 10.9. The molecule has 82 valence electrons. The number of pyridine rings is 1. The van der Waals surface area contributed by atoms with Gasteiger partial charge in [-0.2, -0.15) is 0 Å². The van der Waals surface area contributed by atoms with Crippen molar-refractivity contribution in [2.45, 2.75) is 19.8 Å². The summed E-state index contributed by atoms with van der Waals surface area (Å²) in [6.45, 7) is 2.62. The van der Waals surface area contributed by atoms with E-state index in [9.17, 15) is 4.79 Å². The molecule has 1 amide bonds. The van der Waals surface area contributed by atoms with Crippen LogP contribution in [0.15, 0.2) is 12.1 Å². The van der Waals surface area contributed by atoms with Gasteiger partial charge in [-0.15, -0.1) is 0 Å². The van der Waals surface area contributed by atoms with Crippen LogP contribution in [0.25, 0.3) is 0 Å². The molecule has 0 saturated heterocycles. The highest BCUT2D eigenvalue weighted by Crippen LogP contribution is 2.16. The van der Waals surface area contributed by atoms with Crippen molar-refractivity contribution in [3.05, 3.63) is 22.8 Å². The lowest BCUT2D eigenvalue weighted by Gasteiger charge is -2.05. The first-order valence-electron chi connectivity index (χ1n) is 4.73. The van der Waals surface area contributed by atoms with Crippen molar-refractivity contribution < 1.29 is 9.53 Å². The normalized spacial score (nSPS) is 10.0. The summed E-state index contributed by atoms with van der Waals surface area (Å²) in [4.78, 5) is 14.8. The molecule has 1 aromatic rings. The Morgan fingerprint density at radius 1 is 1.60 bits per heavy atom. The van der Waals surface area contributed by atoms with Gasteiger partial charge in [0.2, 0.25) is 11.8 Å². The lowest BCUT2D eigenvalue weighted by atomic mass is 10.2. The molecule has 0 bridgehead atoms. The average molecular weight is 229 g/mol. The Hall–Kier alpha value is -1.29. The fourth-order valence-electron chi connectivity index (χ4n) is 1.01. The van der Waals surface area contributed by atoms with Gasteiger partial charge in [0.1, 0.15) is 5.15 Å². The summed E-state index contributed by atoms with van der Waals surface area (Å²) in [5.41, 5.74) is 5.43. The lowest BCUT2D eigenvalue weighted by Crippen LogP contribution is -2.11. The largest absolute Gasteiger partial charge is 0.478 e. The number of carbonyl (C=O) groups excluding carboxylic acids is 1. The molecule has 2 N–H and O–H groups in total. The molecular formula is C10H13ClN2O2. The number of amides is 1. The Bertz CT molecular complexity index is 355. The van der Waals surface area contributed by atoms with Gasteiger partial charge in [-0.05, 0) is 12.5 Å². The summed E-state index contributed by atoms with van der Waals surface area (Å²) >= 11 is 5.71. The lowest BCUT2D eigenvalue weighted by molar-refractivity contribution is 0.0999. The number of carbonyl (C=O) groups is 1. The van der Waals surface area contributed by atoms with E-state index in [2.05, 4.69) is 11.9 Å². The summed E-state index contributed by atoms with van der Waals surface area (Å²) in [6, 6.07) is 2.90. The molecule has 0 radical (unpaired) electrons. The van der Waals surface area contributed by atoms with Crippen molar-refractivity contribution in [1.82, 2.24) is 4.98 Å². The number of hydrogen-bond acceptors (Lipinski definition) is 3. The molecule has 0 unspecified atom stereocenters. The van der Waals surface area contributed by atoms with Crippen LogP contribution >= 0.6 is 11.6 Å². The first-order chi connectivity index (χ1) is 7.13. The molecule has 0 fully saturated rings. The Morgan fingerprint density at radius 3 is 2.93 bits per heavy atom. The van der Waals surface area contributed by atoms with Crippen LogP contribution in [0.5, 0.6) is 5.88 Å². The van der Waals surface area contributed by atoms with Crippen molar-refractivity contribution >= 4 is 17.5 Å². The molecule has 5 heteroatoms. The summed E-state index contributed by atoms with van der Waals surface area (Å²) in [6.07, 6.45) is 1.96. The fourth-order valence-corrected chi connectivity index (χ4v) is 1.21. The number of nitrogens with zero attached hydrogens (tertiary/aromatic N) is 1. The number of nitrogens with two attached hydrogens (primary N) is 1. The standard InChI is InChI=1S/C10H13ClN2O2/c1-2-3-4-15-9-6-7(10(12)14)5-8(11)13-9/h5-6H,2-4H2,1H3,(H2,12,14). The number of aromatic nitrogens is 1. The van der Waals surface area contributed by atoms with E-state index in [0.717, 1.165) is 12.8 Å². The monoisotopic (exact) mass is 228 g/mol. The molecule has 0 spiro atoms. The van der Waals surface area contributed by atoms with Crippen LogP contribution in [0.3, 0.4) is 0 Å². The maximum Gasteiger partial charge on any atom is 0.249 e. The van der Waals surface area contributed by atoms with Gasteiger partial charge >= 0.3 is 0 Å². The molecular weight excluding hydrogens is 216 g/mol. The highest BCUT2D eigenvalue weighted by molar-refractivity contribution is 6.29. The molecule has 0 aromatic carbocycles. The Morgan fingerprint density at radius 2 is 2.33 bits per heavy atom. The van der Waals surface area contributed by atoms with E-state index in [1.807, 2.05) is 0 Å². The van der Waals surface area contributed by atoms with E-state index >= 15 is 0 Å². The predicted octanol–water partition coefficient (Wildman–Crippen LogP) is 2.01. The molecule has 0 aliphatic rings. The molecule has 0 saturated carbocycles. The van der Waals surface area contributed by atoms with E-state index in [1.54, 1.807) is 0 Å². The quantitative estimate of drug-likeness (QED) is 0.619. The topological polar surface area (TPSA) is 65.2 Å². The first kappa shape index (κ1) is 11.8. The molecule has 0 aliphatic carbocycles. The van der Waals surface area contributed by atoms with Crippen LogP contribution in [-0.4, -0.2) is 17.5 Å². The molecule has 1 aromatic heterocycles. The minimum Gasteiger partial charge on any atom is -0.478 e. The average Bonchev–Trinajstić information content (AvgIpc) is 2.17. The summed E-state index contributed by atoms with van der Waals surface area (Å²) in [7, 11) is 0. The second kappa shape index (κ2) is 5.56. The zero-order valence-electron chi connectivity index (χ0n) is 8.50. The van der Waals surface area contributed by atoms with E-state index in [-0.39, 0.29) is 5.15 Å². The van der Waals surface area contributed by atoms with Crippen molar-refractivity contribution in [1.29, 1.82) is 0 Å². The van der Waals surface area contributed by atoms with Gasteiger partial charge in [0.05, 0.1) is 6.61 Å². The smallest absolute Gasteiger partial charge is 0.249 e. The summed E-state index contributed by atoms with van der Waals surface area (Å²) in [5, 5.41) is 0.206. The SMILES string of the molecule is CCCCOc1cc(C(N)=O)cc(Cl)n1. The minimum absolute atomic E-state index is 0.206. The maximum atomic E-state index is 10.9. The van der Waals surface area contributed by atoms with Crippen molar-refractivity contribution in [2.24, 2.45) is 5.73 Å². The second-order valence-corrected chi connectivity index (χ2v) is 3.47. The van der Waals surface area contributed by atoms with Crippen LogP contribution in [0.2, 0.25) is 5.15 Å². The van der Waals surface area contributed by atoms with E-state index < -0.39 is 5.91 Å². The van der Waals surface area contributed by atoms with E-state index in [1.165, 1.54) is 12.1 Å². The minimum atomic E-state index is -0.542. The summed E-state index contributed by atoms with van der Waals surface area (Å²) in [5.74, 6) is -0.204. The number of unbranched alkanes of at least 4 members (excludes halogenated alkanes) is 1. The molecule has 1 rings (SSSR count). The third-order valence-corrected chi connectivity index (χ3v) is 2.00. The van der Waals surface area contributed by atoms with Gasteiger partial charge in [0, 0.05) is 11.6 Å². The number of rotatable bonds is 5. The van der Waals surface area contributed by atoms with Gasteiger partial charge in [0.15, 0.2) is 0 Å². The zero-order valence-corrected chi connectivity index (χ0v) is 9.25. The molecule has 0 aliphatic heterocycles. The third kappa shape index (κ3) is 3.75. The van der Waals surface area contributed by atoms with Crippen LogP contribution in [0.1, 0.15) is 30.1 Å². The number of halogens is 1. The van der Waals surface area contributed by atoms with E-state index in [0.29, 0.717) is 18.1 Å². The molecule has 15 heavy (non-hydrogen) atoms. The number of primary amides is 1. The Kier molecular flexibility index (Phi) is 4.37. The van der Waals surface area contributed by atoms with Gasteiger partial charge in [-0.3, -0.25) is 4.79 Å². The first-order valence-corrected chi connectivity index (χ1v) is 5.11. The number of ether oxygens (including phenoxy) is 1. The van der Waals surface area contributed by atoms with Crippen molar-refractivity contribution in [2.75, 3.05) is 6.61 Å². The third-order valence-electron chi connectivity index (χ3n) is 1.80. The van der Waals surface area contributed by atoms with Crippen LogP contribution in [0, 0.1) is 0 Å². The van der Waals surface area contributed by atoms with Crippen molar-refractivity contribution in [3.63, 3.8) is 0 Å². The van der Waals surface area contributed by atoms with Crippen LogP contribution in [0.4, 0.5) is 0 Å². The molecule has 1 heterocycles. The highest BCUT2D eigenvalue weighted by Gasteiger charge is 2.06.